The molecular formula is C11H21N3. The van der Waals surface area contributed by atoms with Gasteiger partial charge in [-0.1, -0.05) is 20.8 Å². The molecule has 14 heavy (non-hydrogen) atoms. The van der Waals surface area contributed by atoms with Gasteiger partial charge in [-0.15, -0.1) is 0 Å². The molecule has 0 saturated heterocycles. The Labute approximate surface area is 86.7 Å². The van der Waals surface area contributed by atoms with Crippen molar-refractivity contribution in [1.29, 1.82) is 0 Å². The molecule has 80 valence electrons. The summed E-state index contributed by atoms with van der Waals surface area (Å²) in [5.41, 5.74) is 8.00. The van der Waals surface area contributed by atoms with Crippen molar-refractivity contribution in [1.82, 2.24) is 4.90 Å². The van der Waals surface area contributed by atoms with E-state index in [0.717, 1.165) is 26.2 Å². The fourth-order valence-electron chi connectivity index (χ4n) is 1.74. The standard InChI is InChI=1S/C11H21N3/c1-4-14-6-5-13-11(8-14)10(7-12)9(2)3/h7,9H,4-6,8,12H2,1-3H3/b10-7-. The van der Waals surface area contributed by atoms with Crippen LogP contribution in [-0.2, 0) is 0 Å². The molecule has 0 fully saturated rings. The Morgan fingerprint density at radius 3 is 2.86 bits per heavy atom. The number of rotatable bonds is 3. The molecule has 1 rings (SSSR count). The summed E-state index contributed by atoms with van der Waals surface area (Å²) < 4.78 is 0. The molecule has 3 heteroatoms. The SMILES string of the molecule is CCN1CCN=C(/C(=C\N)C(C)C)C1. The number of nitrogens with two attached hydrogens (primary N) is 1. The first-order valence-electron chi connectivity index (χ1n) is 5.36. The Morgan fingerprint density at radius 2 is 2.36 bits per heavy atom. The summed E-state index contributed by atoms with van der Waals surface area (Å²) in [6, 6.07) is 0. The lowest BCUT2D eigenvalue weighted by Crippen LogP contribution is -2.37. The lowest BCUT2D eigenvalue weighted by molar-refractivity contribution is 0.326. The van der Waals surface area contributed by atoms with Crippen LogP contribution in [-0.4, -0.2) is 36.8 Å². The van der Waals surface area contributed by atoms with E-state index in [-0.39, 0.29) is 0 Å². The van der Waals surface area contributed by atoms with Gasteiger partial charge < -0.3 is 5.73 Å². The van der Waals surface area contributed by atoms with Crippen LogP contribution in [0.15, 0.2) is 16.8 Å². The van der Waals surface area contributed by atoms with Gasteiger partial charge in [-0.25, -0.2) is 0 Å². The minimum atomic E-state index is 0.468. The molecule has 0 aromatic heterocycles. The molecule has 1 heterocycles. The lowest BCUT2D eigenvalue weighted by Gasteiger charge is -2.27. The van der Waals surface area contributed by atoms with Crippen LogP contribution in [0.2, 0.25) is 0 Å². The van der Waals surface area contributed by atoms with Crippen molar-refractivity contribution in [2.24, 2.45) is 16.6 Å². The van der Waals surface area contributed by atoms with E-state index in [1.54, 1.807) is 6.20 Å². The first-order valence-corrected chi connectivity index (χ1v) is 5.36. The van der Waals surface area contributed by atoms with Gasteiger partial charge in [0.05, 0.1) is 12.3 Å². The van der Waals surface area contributed by atoms with Crippen LogP contribution in [0.25, 0.3) is 0 Å². The summed E-state index contributed by atoms with van der Waals surface area (Å²) in [4.78, 5) is 6.94. The van der Waals surface area contributed by atoms with E-state index >= 15 is 0 Å². The quantitative estimate of drug-likeness (QED) is 0.736. The lowest BCUT2D eigenvalue weighted by atomic mass is 9.98. The average molecular weight is 195 g/mol. The van der Waals surface area contributed by atoms with Crippen LogP contribution in [0.5, 0.6) is 0 Å². The molecule has 0 aromatic rings. The summed E-state index contributed by atoms with van der Waals surface area (Å²) in [7, 11) is 0. The van der Waals surface area contributed by atoms with Gasteiger partial charge in [0.1, 0.15) is 0 Å². The maximum absolute atomic E-state index is 5.63. The van der Waals surface area contributed by atoms with Gasteiger partial charge in [0.15, 0.2) is 0 Å². The Kier molecular flexibility index (Phi) is 4.14. The summed E-state index contributed by atoms with van der Waals surface area (Å²) in [6.45, 7) is 10.5. The van der Waals surface area contributed by atoms with Crippen molar-refractivity contribution in [2.45, 2.75) is 20.8 Å². The maximum Gasteiger partial charge on any atom is 0.0538 e. The van der Waals surface area contributed by atoms with Gasteiger partial charge in [-0.3, -0.25) is 9.89 Å². The van der Waals surface area contributed by atoms with Crippen LogP contribution in [0.1, 0.15) is 20.8 Å². The van der Waals surface area contributed by atoms with Crippen LogP contribution < -0.4 is 5.73 Å². The monoisotopic (exact) mass is 195 g/mol. The summed E-state index contributed by atoms with van der Waals surface area (Å²) >= 11 is 0. The fraction of sp³-hybridized carbons (Fsp3) is 0.727. The van der Waals surface area contributed by atoms with Crippen molar-refractivity contribution < 1.29 is 0 Å². The highest BCUT2D eigenvalue weighted by Gasteiger charge is 2.17. The van der Waals surface area contributed by atoms with E-state index in [0.29, 0.717) is 5.92 Å². The zero-order valence-electron chi connectivity index (χ0n) is 9.45. The normalized spacial score (nSPS) is 20.0. The number of aliphatic imine (C=N–C) groups is 1. The van der Waals surface area contributed by atoms with Crippen molar-refractivity contribution in [3.05, 3.63) is 11.8 Å². The second kappa shape index (κ2) is 5.15. The average Bonchev–Trinajstić information content (AvgIpc) is 2.19. The predicted octanol–water partition coefficient (Wildman–Crippen LogP) is 1.26. The zero-order chi connectivity index (χ0) is 10.6. The minimum Gasteiger partial charge on any atom is -0.404 e. The van der Waals surface area contributed by atoms with Crippen molar-refractivity contribution in [2.75, 3.05) is 26.2 Å². The number of nitrogens with zero attached hydrogens (tertiary/aromatic N) is 2. The van der Waals surface area contributed by atoms with Crippen LogP contribution in [0, 0.1) is 5.92 Å². The van der Waals surface area contributed by atoms with Gasteiger partial charge in [0, 0.05) is 13.1 Å². The van der Waals surface area contributed by atoms with Gasteiger partial charge in [-0.2, -0.15) is 0 Å². The number of hydrogen-bond donors (Lipinski definition) is 1. The molecule has 0 saturated carbocycles. The molecule has 0 aromatic carbocycles. The van der Waals surface area contributed by atoms with Crippen LogP contribution >= 0.6 is 0 Å². The second-order valence-electron chi connectivity index (χ2n) is 3.97. The predicted molar refractivity (Wildman–Crippen MR) is 61.5 cm³/mol. The third kappa shape index (κ3) is 2.58. The van der Waals surface area contributed by atoms with E-state index in [2.05, 4.69) is 30.7 Å². The number of likely N-dealkylation sites (N-methyl/N-ethyl adjacent to an activating group) is 1. The Hall–Kier alpha value is -0.830. The largest absolute Gasteiger partial charge is 0.404 e. The van der Waals surface area contributed by atoms with E-state index in [9.17, 15) is 0 Å². The molecule has 0 bridgehead atoms. The van der Waals surface area contributed by atoms with Gasteiger partial charge in [-0.05, 0) is 24.2 Å². The van der Waals surface area contributed by atoms with Crippen molar-refractivity contribution in [3.63, 3.8) is 0 Å². The molecule has 0 spiro atoms. The maximum atomic E-state index is 5.63. The van der Waals surface area contributed by atoms with Gasteiger partial charge in [0.2, 0.25) is 0 Å². The third-order valence-corrected chi connectivity index (χ3v) is 2.67. The first kappa shape index (κ1) is 11.2. The Balaban J connectivity index is 2.72. The Bertz CT molecular complexity index is 241. The molecule has 1 aliphatic rings. The van der Waals surface area contributed by atoms with Crippen molar-refractivity contribution >= 4 is 5.71 Å². The van der Waals surface area contributed by atoms with E-state index in [1.807, 2.05) is 0 Å². The molecule has 0 radical (unpaired) electrons. The third-order valence-electron chi connectivity index (χ3n) is 2.67. The molecule has 1 aliphatic heterocycles. The van der Waals surface area contributed by atoms with Gasteiger partial charge >= 0.3 is 0 Å². The summed E-state index contributed by atoms with van der Waals surface area (Å²) in [5.74, 6) is 0.468. The smallest absolute Gasteiger partial charge is 0.0538 e. The van der Waals surface area contributed by atoms with Crippen molar-refractivity contribution in [3.8, 4) is 0 Å². The topological polar surface area (TPSA) is 41.6 Å². The summed E-state index contributed by atoms with van der Waals surface area (Å²) in [6.07, 6.45) is 1.71. The second-order valence-corrected chi connectivity index (χ2v) is 3.97. The van der Waals surface area contributed by atoms with Gasteiger partial charge in [0.25, 0.3) is 0 Å². The zero-order valence-corrected chi connectivity index (χ0v) is 9.45. The minimum absolute atomic E-state index is 0.468. The first-order chi connectivity index (χ1) is 6.69. The Morgan fingerprint density at radius 1 is 1.64 bits per heavy atom. The molecule has 0 aliphatic carbocycles. The van der Waals surface area contributed by atoms with E-state index in [4.69, 9.17) is 5.73 Å². The molecule has 0 unspecified atom stereocenters. The molecule has 2 N–H and O–H groups in total. The molecule has 3 nitrogen and oxygen atoms in total. The molecule has 0 amide bonds. The fourth-order valence-corrected chi connectivity index (χ4v) is 1.74. The van der Waals surface area contributed by atoms with Crippen LogP contribution in [0.3, 0.4) is 0 Å². The van der Waals surface area contributed by atoms with Crippen LogP contribution in [0.4, 0.5) is 0 Å². The molecule has 0 atom stereocenters. The highest BCUT2D eigenvalue weighted by molar-refractivity contribution is 6.02. The number of hydrogen-bond acceptors (Lipinski definition) is 3. The highest BCUT2D eigenvalue weighted by Crippen LogP contribution is 2.13. The van der Waals surface area contributed by atoms with E-state index < -0.39 is 0 Å². The van der Waals surface area contributed by atoms with E-state index in [1.165, 1.54) is 11.3 Å². The summed E-state index contributed by atoms with van der Waals surface area (Å²) in [5, 5.41) is 0. The molecular weight excluding hydrogens is 174 g/mol. The highest BCUT2D eigenvalue weighted by atomic mass is 15.2.